The van der Waals surface area contributed by atoms with Gasteiger partial charge in [0.15, 0.2) is 0 Å². The van der Waals surface area contributed by atoms with Gasteiger partial charge >= 0.3 is 0 Å². The highest BCUT2D eigenvalue weighted by Gasteiger charge is 2.34. The third-order valence-electron chi connectivity index (χ3n) is 3.84. The molecular formula is C15H16N2O2. The summed E-state index contributed by atoms with van der Waals surface area (Å²) in [5, 5.41) is 0. The van der Waals surface area contributed by atoms with Crippen molar-refractivity contribution in [3.63, 3.8) is 0 Å². The Balaban J connectivity index is 2.85. The zero-order valence-corrected chi connectivity index (χ0v) is 11.4. The molecule has 4 nitrogen and oxygen atoms in total. The van der Waals surface area contributed by atoms with Crippen LogP contribution in [0.25, 0.3) is 0 Å². The summed E-state index contributed by atoms with van der Waals surface area (Å²) >= 11 is 0. The molecule has 0 unspecified atom stereocenters. The van der Waals surface area contributed by atoms with Crippen molar-refractivity contribution in [1.29, 1.82) is 0 Å². The molecule has 0 radical (unpaired) electrons. The molecule has 98 valence electrons. The third-order valence-corrected chi connectivity index (χ3v) is 3.84. The number of isocyanates is 2. The molecule has 2 rings (SSSR count). The number of benzene rings is 1. The topological polar surface area (TPSA) is 58.9 Å². The largest absolute Gasteiger partial charge is 0.240 e. The summed E-state index contributed by atoms with van der Waals surface area (Å²) in [5.74, 6) is 0. The average Bonchev–Trinajstić information content (AvgIpc) is 2.66. The monoisotopic (exact) mass is 256 g/mol. The van der Waals surface area contributed by atoms with Crippen LogP contribution in [0.5, 0.6) is 0 Å². The second-order valence-corrected chi connectivity index (χ2v) is 5.40. The smallest absolute Gasteiger partial charge is 0.211 e. The fourth-order valence-electron chi connectivity index (χ4n) is 2.94. The fraction of sp³-hybridized carbons (Fsp3) is 0.467. The first-order chi connectivity index (χ1) is 9.05. The Morgan fingerprint density at radius 1 is 1.26 bits per heavy atom. The Labute approximate surface area is 112 Å². The number of rotatable bonds is 3. The molecule has 0 spiro atoms. The molecule has 1 aromatic carbocycles. The summed E-state index contributed by atoms with van der Waals surface area (Å²) < 4.78 is 0. The minimum Gasteiger partial charge on any atom is -0.211 e. The van der Waals surface area contributed by atoms with E-state index in [0.717, 1.165) is 29.5 Å². The zero-order valence-electron chi connectivity index (χ0n) is 11.4. The Morgan fingerprint density at radius 3 is 2.53 bits per heavy atom. The maximum Gasteiger partial charge on any atom is 0.240 e. The predicted molar refractivity (Wildman–Crippen MR) is 72.7 cm³/mol. The summed E-state index contributed by atoms with van der Waals surface area (Å²) in [7, 11) is 0. The highest BCUT2D eigenvalue weighted by atomic mass is 16.1. The molecule has 0 bridgehead atoms. The van der Waals surface area contributed by atoms with E-state index in [-0.39, 0.29) is 5.41 Å². The standard InChI is InChI=1S/C15H16N2O2/c1-4-11-12(16-8-18)7-10-5-6-15(2,3)13(10)14(11)17-9-19/h7H,4-6H2,1-3H3. The van der Waals surface area contributed by atoms with E-state index in [0.29, 0.717) is 17.8 Å². The average molecular weight is 256 g/mol. The number of aliphatic imine (C=N–C) groups is 2. The maximum absolute atomic E-state index is 10.7. The van der Waals surface area contributed by atoms with Crippen LogP contribution in [-0.4, -0.2) is 12.2 Å². The molecule has 19 heavy (non-hydrogen) atoms. The van der Waals surface area contributed by atoms with E-state index in [1.807, 2.05) is 13.0 Å². The summed E-state index contributed by atoms with van der Waals surface area (Å²) in [6.45, 7) is 6.24. The van der Waals surface area contributed by atoms with Crippen LogP contribution < -0.4 is 0 Å². The number of nitrogens with zero attached hydrogens (tertiary/aromatic N) is 2. The molecule has 0 amide bonds. The quantitative estimate of drug-likeness (QED) is 0.614. The van der Waals surface area contributed by atoms with Gasteiger partial charge in [0.2, 0.25) is 12.2 Å². The molecule has 0 saturated heterocycles. The molecule has 0 saturated carbocycles. The second-order valence-electron chi connectivity index (χ2n) is 5.40. The van der Waals surface area contributed by atoms with E-state index in [1.54, 1.807) is 12.2 Å². The van der Waals surface area contributed by atoms with Gasteiger partial charge in [0.1, 0.15) is 0 Å². The zero-order chi connectivity index (χ0) is 14.0. The summed E-state index contributed by atoms with van der Waals surface area (Å²) in [5.41, 5.74) is 4.23. The van der Waals surface area contributed by atoms with E-state index in [4.69, 9.17) is 0 Å². The van der Waals surface area contributed by atoms with Crippen LogP contribution in [0.15, 0.2) is 16.1 Å². The Hall–Kier alpha value is -2.02. The van der Waals surface area contributed by atoms with Gasteiger partial charge in [-0.3, -0.25) is 0 Å². The first-order valence-electron chi connectivity index (χ1n) is 6.40. The van der Waals surface area contributed by atoms with E-state index < -0.39 is 0 Å². The molecule has 1 aliphatic rings. The van der Waals surface area contributed by atoms with Gasteiger partial charge in [-0.2, -0.15) is 9.98 Å². The minimum atomic E-state index is -0.0155. The Kier molecular flexibility index (Phi) is 3.48. The van der Waals surface area contributed by atoms with Crippen molar-refractivity contribution in [3.05, 3.63) is 22.8 Å². The van der Waals surface area contributed by atoms with E-state index >= 15 is 0 Å². The molecule has 0 fully saturated rings. The van der Waals surface area contributed by atoms with Gasteiger partial charge in [0, 0.05) is 5.56 Å². The molecule has 0 atom stereocenters. The SMILES string of the molecule is CCc1c(N=C=O)cc2c(c1N=C=O)C(C)(C)CC2. The number of fused-ring (bicyclic) bond motifs is 1. The van der Waals surface area contributed by atoms with Crippen molar-refractivity contribution in [2.75, 3.05) is 0 Å². The van der Waals surface area contributed by atoms with Crippen LogP contribution in [-0.2, 0) is 27.8 Å². The van der Waals surface area contributed by atoms with Gasteiger partial charge in [-0.25, -0.2) is 9.59 Å². The van der Waals surface area contributed by atoms with Gasteiger partial charge in [0.05, 0.1) is 11.4 Å². The highest BCUT2D eigenvalue weighted by molar-refractivity contribution is 5.73. The molecule has 0 N–H and O–H groups in total. The van der Waals surface area contributed by atoms with Crippen molar-refractivity contribution in [1.82, 2.24) is 0 Å². The molecule has 0 aromatic heterocycles. The minimum absolute atomic E-state index is 0.0155. The Bertz CT molecular complexity index is 620. The number of carbonyl (C=O) groups excluding carboxylic acids is 2. The number of hydrogen-bond acceptors (Lipinski definition) is 4. The predicted octanol–water partition coefficient (Wildman–Crippen LogP) is 3.41. The number of hydrogen-bond donors (Lipinski definition) is 0. The lowest BCUT2D eigenvalue weighted by Gasteiger charge is -2.22. The number of aryl methyl sites for hydroxylation is 1. The van der Waals surface area contributed by atoms with Crippen LogP contribution >= 0.6 is 0 Å². The fourth-order valence-corrected chi connectivity index (χ4v) is 2.94. The Morgan fingerprint density at radius 2 is 1.95 bits per heavy atom. The van der Waals surface area contributed by atoms with Crippen molar-refractivity contribution >= 4 is 23.5 Å². The lowest BCUT2D eigenvalue weighted by molar-refractivity contribution is 0.522. The van der Waals surface area contributed by atoms with Crippen LogP contribution in [0.2, 0.25) is 0 Å². The summed E-state index contributed by atoms with van der Waals surface area (Å²) in [6, 6.07) is 1.93. The van der Waals surface area contributed by atoms with Crippen LogP contribution in [0.3, 0.4) is 0 Å². The molecule has 0 aliphatic heterocycles. The van der Waals surface area contributed by atoms with Crippen molar-refractivity contribution in [2.24, 2.45) is 9.98 Å². The molecular weight excluding hydrogens is 240 g/mol. The van der Waals surface area contributed by atoms with Crippen LogP contribution in [0, 0.1) is 0 Å². The van der Waals surface area contributed by atoms with Gasteiger partial charge in [-0.15, -0.1) is 0 Å². The van der Waals surface area contributed by atoms with Gasteiger partial charge in [-0.1, -0.05) is 20.8 Å². The van der Waals surface area contributed by atoms with Crippen LogP contribution in [0.1, 0.15) is 43.9 Å². The molecule has 1 aliphatic carbocycles. The maximum atomic E-state index is 10.7. The second kappa shape index (κ2) is 4.93. The normalized spacial score (nSPS) is 15.3. The summed E-state index contributed by atoms with van der Waals surface area (Å²) in [4.78, 5) is 28.9. The van der Waals surface area contributed by atoms with Gasteiger partial charge < -0.3 is 0 Å². The van der Waals surface area contributed by atoms with E-state index in [9.17, 15) is 9.59 Å². The third kappa shape index (κ3) is 2.17. The molecule has 4 heteroatoms. The van der Waals surface area contributed by atoms with Gasteiger partial charge in [-0.05, 0) is 41.9 Å². The van der Waals surface area contributed by atoms with Crippen molar-refractivity contribution in [2.45, 2.75) is 45.4 Å². The first kappa shape index (κ1) is 13.4. The van der Waals surface area contributed by atoms with Gasteiger partial charge in [0.25, 0.3) is 0 Å². The van der Waals surface area contributed by atoms with E-state index in [2.05, 4.69) is 23.8 Å². The molecule has 1 aromatic rings. The highest BCUT2D eigenvalue weighted by Crippen LogP contribution is 2.48. The summed E-state index contributed by atoms with van der Waals surface area (Å²) in [6.07, 6.45) is 5.78. The van der Waals surface area contributed by atoms with Crippen molar-refractivity contribution in [3.8, 4) is 0 Å². The first-order valence-corrected chi connectivity index (χ1v) is 6.40. The van der Waals surface area contributed by atoms with Crippen molar-refractivity contribution < 1.29 is 9.59 Å². The molecule has 0 heterocycles. The lowest BCUT2D eigenvalue weighted by atomic mass is 9.83. The van der Waals surface area contributed by atoms with Crippen LogP contribution in [0.4, 0.5) is 11.4 Å². The van der Waals surface area contributed by atoms with E-state index in [1.165, 1.54) is 0 Å². The lowest BCUT2D eigenvalue weighted by Crippen LogP contribution is -2.12.